The number of hydrogen-bond acceptors (Lipinski definition) is 3. The number of nitrogens with one attached hydrogen (secondary N) is 1. The second-order valence-corrected chi connectivity index (χ2v) is 4.22. The van der Waals surface area contributed by atoms with Crippen LogP contribution in [-0.4, -0.2) is 36.8 Å². The molecule has 1 heterocycles. The fourth-order valence-electron chi connectivity index (χ4n) is 1.93. The average molecular weight is 229 g/mol. The van der Waals surface area contributed by atoms with Gasteiger partial charge in [0.2, 0.25) is 0 Å². The first-order valence-electron chi connectivity index (χ1n) is 6.02. The van der Waals surface area contributed by atoms with Crippen molar-refractivity contribution in [3.05, 3.63) is 48.3 Å². The van der Waals surface area contributed by atoms with Crippen molar-refractivity contribution >= 4 is 5.71 Å². The molecule has 2 rings (SSSR count). The van der Waals surface area contributed by atoms with Crippen molar-refractivity contribution in [3.63, 3.8) is 0 Å². The smallest absolute Gasteiger partial charge is 0.121 e. The maximum Gasteiger partial charge on any atom is 0.121 e. The van der Waals surface area contributed by atoms with Crippen LogP contribution in [0.2, 0.25) is 0 Å². The van der Waals surface area contributed by atoms with Crippen LogP contribution < -0.4 is 5.32 Å². The van der Waals surface area contributed by atoms with Crippen LogP contribution >= 0.6 is 0 Å². The van der Waals surface area contributed by atoms with Crippen LogP contribution in [0.3, 0.4) is 0 Å². The highest BCUT2D eigenvalue weighted by Gasteiger charge is 2.10. The monoisotopic (exact) mass is 229 g/mol. The van der Waals surface area contributed by atoms with Gasteiger partial charge in [-0.05, 0) is 12.5 Å². The minimum atomic E-state index is 0.868. The van der Waals surface area contributed by atoms with Crippen LogP contribution in [-0.2, 0) is 0 Å². The molecule has 0 aromatic heterocycles. The number of nitrogens with zero attached hydrogens (tertiary/aromatic N) is 2. The van der Waals surface area contributed by atoms with E-state index < -0.39 is 0 Å². The molecule has 1 fully saturated rings. The summed E-state index contributed by atoms with van der Waals surface area (Å²) in [5.74, 6) is 0.868. The van der Waals surface area contributed by atoms with Gasteiger partial charge in [-0.2, -0.15) is 0 Å². The summed E-state index contributed by atoms with van der Waals surface area (Å²) in [5.41, 5.74) is 2.18. The maximum atomic E-state index is 4.59. The summed E-state index contributed by atoms with van der Waals surface area (Å²) in [7, 11) is 0. The third kappa shape index (κ3) is 3.17. The van der Waals surface area contributed by atoms with Crippen LogP contribution in [0, 0.1) is 0 Å². The zero-order valence-corrected chi connectivity index (χ0v) is 10.3. The Morgan fingerprint density at radius 2 is 1.88 bits per heavy atom. The molecule has 3 nitrogen and oxygen atoms in total. The lowest BCUT2D eigenvalue weighted by molar-refractivity contribution is 0.298. The molecule has 1 N–H and O–H groups in total. The predicted octanol–water partition coefficient (Wildman–Crippen LogP) is 1.87. The van der Waals surface area contributed by atoms with Gasteiger partial charge < -0.3 is 10.2 Å². The molecule has 1 aliphatic heterocycles. The third-order valence-corrected chi connectivity index (χ3v) is 2.97. The Bertz CT molecular complexity index is 403. The highest BCUT2D eigenvalue weighted by Crippen LogP contribution is 2.08. The molecule has 0 amide bonds. The number of piperazine rings is 1. The Hall–Kier alpha value is -1.61. The van der Waals surface area contributed by atoms with Crippen molar-refractivity contribution in [2.24, 2.45) is 4.99 Å². The molecule has 0 atom stereocenters. The Morgan fingerprint density at radius 3 is 2.53 bits per heavy atom. The summed E-state index contributed by atoms with van der Waals surface area (Å²) < 4.78 is 0. The van der Waals surface area contributed by atoms with E-state index in [0.29, 0.717) is 0 Å². The van der Waals surface area contributed by atoms with E-state index in [1.54, 1.807) is 0 Å². The zero-order valence-electron chi connectivity index (χ0n) is 10.3. The van der Waals surface area contributed by atoms with Crippen LogP contribution in [0.25, 0.3) is 0 Å². The highest BCUT2D eigenvalue weighted by atomic mass is 15.2. The lowest BCUT2D eigenvalue weighted by atomic mass is 10.1. The minimum absolute atomic E-state index is 0.868. The van der Waals surface area contributed by atoms with Crippen LogP contribution in [0.15, 0.2) is 47.7 Å². The molecule has 0 radical (unpaired) electrons. The van der Waals surface area contributed by atoms with Gasteiger partial charge in [0, 0.05) is 31.9 Å². The van der Waals surface area contributed by atoms with Crippen molar-refractivity contribution in [2.45, 2.75) is 6.92 Å². The molecule has 17 heavy (non-hydrogen) atoms. The van der Waals surface area contributed by atoms with E-state index in [2.05, 4.69) is 33.9 Å². The molecule has 0 aliphatic carbocycles. The first kappa shape index (κ1) is 11.9. The van der Waals surface area contributed by atoms with Gasteiger partial charge in [0.1, 0.15) is 5.82 Å². The Labute approximate surface area is 103 Å². The van der Waals surface area contributed by atoms with Gasteiger partial charge in [-0.15, -0.1) is 0 Å². The van der Waals surface area contributed by atoms with Crippen molar-refractivity contribution in [1.29, 1.82) is 0 Å². The first-order valence-corrected chi connectivity index (χ1v) is 6.02. The second-order valence-electron chi connectivity index (χ2n) is 4.22. The van der Waals surface area contributed by atoms with Gasteiger partial charge in [0.15, 0.2) is 0 Å². The number of hydrogen-bond donors (Lipinski definition) is 1. The molecule has 0 saturated carbocycles. The van der Waals surface area contributed by atoms with Gasteiger partial charge in [0.05, 0.1) is 0 Å². The van der Waals surface area contributed by atoms with Crippen LogP contribution in [0.4, 0.5) is 0 Å². The molecule has 90 valence electrons. The van der Waals surface area contributed by atoms with E-state index in [1.165, 1.54) is 0 Å². The largest absolute Gasteiger partial charge is 0.355 e. The minimum Gasteiger partial charge on any atom is -0.355 e. The number of benzene rings is 1. The average Bonchev–Trinajstić information content (AvgIpc) is 2.40. The molecule has 1 saturated heterocycles. The summed E-state index contributed by atoms with van der Waals surface area (Å²) in [5, 5.41) is 3.32. The SMILES string of the molecule is C=C(/N=C(\C)c1ccccc1)N1CCNCC1. The van der Waals surface area contributed by atoms with E-state index in [0.717, 1.165) is 43.3 Å². The summed E-state index contributed by atoms with van der Waals surface area (Å²) in [4.78, 5) is 6.82. The van der Waals surface area contributed by atoms with Crippen molar-refractivity contribution in [2.75, 3.05) is 26.2 Å². The van der Waals surface area contributed by atoms with Crippen molar-refractivity contribution < 1.29 is 0 Å². The molecule has 1 aromatic rings. The van der Waals surface area contributed by atoms with Gasteiger partial charge >= 0.3 is 0 Å². The number of aliphatic imine (C=N–C) groups is 1. The van der Waals surface area contributed by atoms with E-state index in [1.807, 2.05) is 25.1 Å². The zero-order chi connectivity index (χ0) is 12.1. The van der Waals surface area contributed by atoms with Crippen molar-refractivity contribution in [3.8, 4) is 0 Å². The van der Waals surface area contributed by atoms with Gasteiger partial charge in [-0.3, -0.25) is 0 Å². The quantitative estimate of drug-likeness (QED) is 0.801. The first-order chi connectivity index (χ1) is 8.27. The Balaban J connectivity index is 2.05. The summed E-state index contributed by atoms with van der Waals surface area (Å²) >= 11 is 0. The fourth-order valence-corrected chi connectivity index (χ4v) is 1.93. The third-order valence-electron chi connectivity index (χ3n) is 2.97. The molecule has 0 spiro atoms. The summed E-state index contributed by atoms with van der Waals surface area (Å²) in [6.45, 7) is 10.1. The Kier molecular flexibility index (Phi) is 3.94. The van der Waals surface area contributed by atoms with Crippen LogP contribution in [0.5, 0.6) is 0 Å². The molecular weight excluding hydrogens is 210 g/mol. The molecule has 3 heteroatoms. The standard InChI is InChI=1S/C14H19N3/c1-12(14-6-4-3-5-7-14)16-13(2)17-10-8-15-9-11-17/h3-7,15H,2,8-11H2,1H3/b16-12+. The molecule has 0 unspecified atom stereocenters. The molecule has 1 aromatic carbocycles. The highest BCUT2D eigenvalue weighted by molar-refractivity contribution is 5.99. The van der Waals surface area contributed by atoms with E-state index >= 15 is 0 Å². The normalized spacial score (nSPS) is 17.0. The fraction of sp³-hybridized carbons (Fsp3) is 0.357. The summed E-state index contributed by atoms with van der Waals surface area (Å²) in [6.07, 6.45) is 0. The summed E-state index contributed by atoms with van der Waals surface area (Å²) in [6, 6.07) is 10.2. The van der Waals surface area contributed by atoms with Gasteiger partial charge in [-0.25, -0.2) is 4.99 Å². The van der Waals surface area contributed by atoms with E-state index in [4.69, 9.17) is 0 Å². The molecule has 0 bridgehead atoms. The second kappa shape index (κ2) is 5.64. The lowest BCUT2D eigenvalue weighted by Gasteiger charge is -2.29. The predicted molar refractivity (Wildman–Crippen MR) is 72.2 cm³/mol. The molecular formula is C14H19N3. The van der Waals surface area contributed by atoms with Crippen molar-refractivity contribution in [1.82, 2.24) is 10.2 Å². The van der Waals surface area contributed by atoms with E-state index in [-0.39, 0.29) is 0 Å². The van der Waals surface area contributed by atoms with E-state index in [9.17, 15) is 0 Å². The Morgan fingerprint density at radius 1 is 1.24 bits per heavy atom. The molecule has 1 aliphatic rings. The van der Waals surface area contributed by atoms with Crippen LogP contribution in [0.1, 0.15) is 12.5 Å². The lowest BCUT2D eigenvalue weighted by Crippen LogP contribution is -2.42. The van der Waals surface area contributed by atoms with Gasteiger partial charge in [-0.1, -0.05) is 36.9 Å². The number of rotatable bonds is 3. The topological polar surface area (TPSA) is 27.6 Å². The maximum absolute atomic E-state index is 4.59. The van der Waals surface area contributed by atoms with Gasteiger partial charge in [0.25, 0.3) is 0 Å².